The molecule has 0 heterocycles. The Morgan fingerprint density at radius 1 is 1.21 bits per heavy atom. The second-order valence-electron chi connectivity index (χ2n) is 3.52. The summed E-state index contributed by atoms with van der Waals surface area (Å²) in [5.41, 5.74) is 2.42. The highest BCUT2D eigenvalue weighted by atomic mass is 35.5. The van der Waals surface area contributed by atoms with Gasteiger partial charge >= 0.3 is 0 Å². The third-order valence-corrected chi connectivity index (χ3v) is 2.22. The Bertz CT molecular complexity index is 324. The van der Waals surface area contributed by atoms with E-state index in [1.807, 2.05) is 0 Å². The van der Waals surface area contributed by atoms with E-state index >= 15 is 0 Å². The lowest BCUT2D eigenvalue weighted by molar-refractivity contribution is 0.866. The molecule has 0 unspecified atom stereocenters. The van der Waals surface area contributed by atoms with E-state index in [2.05, 4.69) is 50.0 Å². The van der Waals surface area contributed by atoms with Gasteiger partial charge in [0, 0.05) is 17.9 Å². The van der Waals surface area contributed by atoms with Gasteiger partial charge in [0.25, 0.3) is 0 Å². The van der Waals surface area contributed by atoms with Crippen LogP contribution >= 0.6 is 11.6 Å². The Kier molecular flexibility index (Phi) is 4.56. The maximum Gasteiger partial charge on any atom is 0.0333 e. The standard InChI is InChI=1S/C13H15Cl/c1-11(2)13-8-6-12(7-9-13)5-3-4-10-14/h6-9,11H,4,10H2,1-2H3. The van der Waals surface area contributed by atoms with Crippen LogP contribution in [0.4, 0.5) is 0 Å². The number of rotatable bonds is 2. The lowest BCUT2D eigenvalue weighted by Gasteiger charge is -2.03. The van der Waals surface area contributed by atoms with Crippen LogP contribution in [0, 0.1) is 11.8 Å². The summed E-state index contributed by atoms with van der Waals surface area (Å²) in [7, 11) is 0. The number of hydrogen-bond donors (Lipinski definition) is 0. The normalized spacial score (nSPS) is 9.71. The summed E-state index contributed by atoms with van der Waals surface area (Å²) >= 11 is 5.53. The van der Waals surface area contributed by atoms with Gasteiger partial charge in [0.05, 0.1) is 0 Å². The van der Waals surface area contributed by atoms with E-state index in [0.717, 1.165) is 12.0 Å². The van der Waals surface area contributed by atoms with Gasteiger partial charge in [0.1, 0.15) is 0 Å². The van der Waals surface area contributed by atoms with Crippen molar-refractivity contribution in [3.8, 4) is 11.8 Å². The van der Waals surface area contributed by atoms with Gasteiger partial charge < -0.3 is 0 Å². The maximum atomic E-state index is 5.53. The molecule has 0 saturated heterocycles. The van der Waals surface area contributed by atoms with Crippen molar-refractivity contribution in [2.45, 2.75) is 26.2 Å². The number of halogens is 1. The molecule has 14 heavy (non-hydrogen) atoms. The van der Waals surface area contributed by atoms with Gasteiger partial charge in [-0.2, -0.15) is 0 Å². The zero-order valence-corrected chi connectivity index (χ0v) is 9.43. The van der Waals surface area contributed by atoms with Crippen LogP contribution in [0.3, 0.4) is 0 Å². The highest BCUT2D eigenvalue weighted by Crippen LogP contribution is 2.14. The molecule has 0 spiro atoms. The summed E-state index contributed by atoms with van der Waals surface area (Å²) in [5, 5.41) is 0. The minimum atomic E-state index is 0.583. The van der Waals surface area contributed by atoms with E-state index < -0.39 is 0 Å². The summed E-state index contributed by atoms with van der Waals surface area (Å²) in [6, 6.07) is 8.40. The summed E-state index contributed by atoms with van der Waals surface area (Å²) in [6.07, 6.45) is 0.757. The van der Waals surface area contributed by atoms with Gasteiger partial charge in [0.15, 0.2) is 0 Å². The van der Waals surface area contributed by atoms with E-state index in [0.29, 0.717) is 11.8 Å². The zero-order chi connectivity index (χ0) is 10.4. The second kappa shape index (κ2) is 5.73. The number of hydrogen-bond acceptors (Lipinski definition) is 0. The van der Waals surface area contributed by atoms with Gasteiger partial charge in [-0.05, 0) is 23.6 Å². The molecule has 1 aromatic rings. The molecule has 0 atom stereocenters. The summed E-state index contributed by atoms with van der Waals surface area (Å²) in [5.74, 6) is 7.29. The van der Waals surface area contributed by atoms with Crippen molar-refractivity contribution in [1.82, 2.24) is 0 Å². The first-order valence-corrected chi connectivity index (χ1v) is 5.42. The van der Waals surface area contributed by atoms with Crippen molar-refractivity contribution in [3.63, 3.8) is 0 Å². The Balaban J connectivity index is 2.70. The molecule has 0 aliphatic heterocycles. The average Bonchev–Trinajstić information content (AvgIpc) is 2.19. The first-order chi connectivity index (χ1) is 6.74. The van der Waals surface area contributed by atoms with Crippen molar-refractivity contribution in [2.24, 2.45) is 0 Å². The quantitative estimate of drug-likeness (QED) is 0.510. The highest BCUT2D eigenvalue weighted by Gasteiger charge is 1.96. The van der Waals surface area contributed by atoms with Crippen LogP contribution in [0.5, 0.6) is 0 Å². The van der Waals surface area contributed by atoms with Crippen LogP contribution in [0.15, 0.2) is 24.3 Å². The number of alkyl halides is 1. The number of benzene rings is 1. The molecule has 0 bridgehead atoms. The monoisotopic (exact) mass is 206 g/mol. The van der Waals surface area contributed by atoms with Crippen molar-refractivity contribution >= 4 is 11.6 Å². The molecule has 0 fully saturated rings. The molecule has 0 N–H and O–H groups in total. The van der Waals surface area contributed by atoms with Crippen LogP contribution in [0.25, 0.3) is 0 Å². The third-order valence-electron chi connectivity index (χ3n) is 2.03. The smallest absolute Gasteiger partial charge is 0.0333 e. The molecule has 0 nitrogen and oxygen atoms in total. The molecule has 0 aliphatic rings. The molecule has 1 rings (SSSR count). The van der Waals surface area contributed by atoms with Gasteiger partial charge in [-0.3, -0.25) is 0 Å². The lowest BCUT2D eigenvalue weighted by Crippen LogP contribution is -1.86. The third kappa shape index (κ3) is 3.44. The van der Waals surface area contributed by atoms with Crippen LogP contribution in [0.2, 0.25) is 0 Å². The van der Waals surface area contributed by atoms with Crippen LogP contribution in [0.1, 0.15) is 37.3 Å². The Labute approximate surface area is 91.3 Å². The maximum absolute atomic E-state index is 5.53. The molecule has 0 aromatic heterocycles. The molecule has 0 amide bonds. The minimum Gasteiger partial charge on any atom is -0.126 e. The van der Waals surface area contributed by atoms with E-state index in [1.165, 1.54) is 5.56 Å². The van der Waals surface area contributed by atoms with Gasteiger partial charge in [-0.1, -0.05) is 37.8 Å². The molecule has 0 aliphatic carbocycles. The van der Waals surface area contributed by atoms with Gasteiger partial charge in [0.2, 0.25) is 0 Å². The predicted octanol–water partition coefficient (Wildman–Crippen LogP) is 3.79. The van der Waals surface area contributed by atoms with E-state index in [4.69, 9.17) is 11.6 Å². The molecule has 0 saturated carbocycles. The Morgan fingerprint density at radius 3 is 2.36 bits per heavy atom. The summed E-state index contributed by atoms with van der Waals surface area (Å²) in [4.78, 5) is 0. The predicted molar refractivity (Wildman–Crippen MR) is 62.7 cm³/mol. The first-order valence-electron chi connectivity index (χ1n) is 4.89. The van der Waals surface area contributed by atoms with E-state index in [9.17, 15) is 0 Å². The summed E-state index contributed by atoms with van der Waals surface area (Å²) < 4.78 is 0. The minimum absolute atomic E-state index is 0.583. The largest absolute Gasteiger partial charge is 0.126 e. The molecule has 74 valence electrons. The van der Waals surface area contributed by atoms with Crippen LogP contribution in [-0.2, 0) is 0 Å². The fraction of sp³-hybridized carbons (Fsp3) is 0.385. The fourth-order valence-corrected chi connectivity index (χ4v) is 1.26. The molecule has 1 heteroatoms. The average molecular weight is 207 g/mol. The van der Waals surface area contributed by atoms with Crippen molar-refractivity contribution in [3.05, 3.63) is 35.4 Å². The Morgan fingerprint density at radius 2 is 1.86 bits per heavy atom. The zero-order valence-electron chi connectivity index (χ0n) is 8.68. The molecular weight excluding hydrogens is 192 g/mol. The fourth-order valence-electron chi connectivity index (χ4n) is 1.16. The van der Waals surface area contributed by atoms with Gasteiger partial charge in [-0.15, -0.1) is 11.6 Å². The SMILES string of the molecule is CC(C)c1ccc(C#CCCCl)cc1. The molecule has 1 aromatic carbocycles. The van der Waals surface area contributed by atoms with Crippen molar-refractivity contribution in [2.75, 3.05) is 5.88 Å². The van der Waals surface area contributed by atoms with Crippen molar-refractivity contribution in [1.29, 1.82) is 0 Å². The summed E-state index contributed by atoms with van der Waals surface area (Å²) in [6.45, 7) is 4.38. The topological polar surface area (TPSA) is 0 Å². The first kappa shape index (κ1) is 11.1. The van der Waals surface area contributed by atoms with Gasteiger partial charge in [-0.25, -0.2) is 0 Å². The highest BCUT2D eigenvalue weighted by molar-refractivity contribution is 6.18. The molecule has 0 radical (unpaired) electrons. The lowest BCUT2D eigenvalue weighted by atomic mass is 10.0. The van der Waals surface area contributed by atoms with Crippen molar-refractivity contribution < 1.29 is 0 Å². The van der Waals surface area contributed by atoms with E-state index in [-0.39, 0.29) is 0 Å². The van der Waals surface area contributed by atoms with E-state index in [1.54, 1.807) is 0 Å². The second-order valence-corrected chi connectivity index (χ2v) is 3.90. The Hall–Kier alpha value is -0.930. The van der Waals surface area contributed by atoms with Crippen LogP contribution in [-0.4, -0.2) is 5.88 Å². The molecular formula is C13H15Cl. The van der Waals surface area contributed by atoms with Crippen LogP contribution < -0.4 is 0 Å².